The summed E-state index contributed by atoms with van der Waals surface area (Å²) in [4.78, 5) is 22.8. The number of halogens is 1. The maximum Gasteiger partial charge on any atom is 0.326 e. The first-order chi connectivity index (χ1) is 9.79. The number of rotatable bonds is 7. The molecular weight excluding hydrogens is 277 g/mol. The molecule has 0 saturated heterocycles. The van der Waals surface area contributed by atoms with Gasteiger partial charge in [0.1, 0.15) is 11.9 Å². The number of benzene rings is 1. The first-order valence-corrected chi connectivity index (χ1v) is 6.75. The number of aliphatic carboxylic acids is 1. The van der Waals surface area contributed by atoms with Gasteiger partial charge in [-0.2, -0.15) is 0 Å². The molecule has 1 rings (SSSR count). The van der Waals surface area contributed by atoms with Gasteiger partial charge in [-0.1, -0.05) is 26.0 Å². The first-order valence-electron chi connectivity index (χ1n) is 6.75. The zero-order valence-electron chi connectivity index (χ0n) is 12.0. The zero-order valence-corrected chi connectivity index (χ0v) is 12.0. The highest BCUT2D eigenvalue weighted by Crippen LogP contribution is 2.17. The lowest BCUT2D eigenvalue weighted by Gasteiger charge is -2.18. The van der Waals surface area contributed by atoms with Gasteiger partial charge in [0.25, 0.3) is 0 Å². The standard InChI is InChI=1S/C15H20FNO4/c1-9(2)6-12(15(20)21)17-14(19)8-13(18)10-4-3-5-11(16)7-10/h3-5,7,9,12-13,18H,6,8H2,1-2H3,(H,17,19)(H,20,21)/t12-,13?/m0/s1. The van der Waals surface area contributed by atoms with Crippen molar-refractivity contribution < 1.29 is 24.2 Å². The van der Waals surface area contributed by atoms with Crippen molar-refractivity contribution >= 4 is 11.9 Å². The molecule has 0 heterocycles. The van der Waals surface area contributed by atoms with Gasteiger partial charge in [-0.15, -0.1) is 0 Å². The molecule has 1 unspecified atom stereocenters. The third-order valence-electron chi connectivity index (χ3n) is 2.95. The summed E-state index contributed by atoms with van der Waals surface area (Å²) in [6, 6.07) is 4.33. The van der Waals surface area contributed by atoms with Crippen LogP contribution in [-0.4, -0.2) is 28.1 Å². The van der Waals surface area contributed by atoms with Crippen LogP contribution in [0.2, 0.25) is 0 Å². The summed E-state index contributed by atoms with van der Waals surface area (Å²) >= 11 is 0. The van der Waals surface area contributed by atoms with Crippen LogP contribution in [0.15, 0.2) is 24.3 Å². The molecule has 0 aliphatic carbocycles. The summed E-state index contributed by atoms with van der Waals surface area (Å²) in [5.74, 6) is -2.09. The largest absolute Gasteiger partial charge is 0.480 e. The lowest BCUT2D eigenvalue weighted by molar-refractivity contribution is -0.142. The van der Waals surface area contributed by atoms with E-state index in [2.05, 4.69) is 5.32 Å². The Labute approximate surface area is 122 Å². The summed E-state index contributed by atoms with van der Waals surface area (Å²) in [6.07, 6.45) is -1.18. The molecule has 116 valence electrons. The average Bonchev–Trinajstić information content (AvgIpc) is 2.37. The Morgan fingerprint density at radius 2 is 2.00 bits per heavy atom. The highest BCUT2D eigenvalue weighted by atomic mass is 19.1. The van der Waals surface area contributed by atoms with E-state index in [1.807, 2.05) is 13.8 Å². The Morgan fingerprint density at radius 1 is 1.33 bits per heavy atom. The number of amides is 1. The Morgan fingerprint density at radius 3 is 2.52 bits per heavy atom. The monoisotopic (exact) mass is 297 g/mol. The number of hydrogen-bond acceptors (Lipinski definition) is 3. The quantitative estimate of drug-likeness (QED) is 0.717. The van der Waals surface area contributed by atoms with Gasteiger partial charge in [0.15, 0.2) is 0 Å². The van der Waals surface area contributed by atoms with Crippen molar-refractivity contribution in [2.45, 2.75) is 38.8 Å². The van der Waals surface area contributed by atoms with E-state index in [0.29, 0.717) is 6.42 Å². The van der Waals surface area contributed by atoms with Gasteiger partial charge in [-0.25, -0.2) is 9.18 Å². The molecule has 0 aliphatic rings. The summed E-state index contributed by atoms with van der Waals surface area (Å²) in [5, 5.41) is 21.3. The predicted octanol–water partition coefficient (Wildman–Crippen LogP) is 1.86. The van der Waals surface area contributed by atoms with E-state index in [9.17, 15) is 19.1 Å². The fourth-order valence-corrected chi connectivity index (χ4v) is 1.95. The van der Waals surface area contributed by atoms with Gasteiger partial charge >= 0.3 is 5.97 Å². The van der Waals surface area contributed by atoms with E-state index in [1.165, 1.54) is 18.2 Å². The smallest absolute Gasteiger partial charge is 0.326 e. The molecule has 2 atom stereocenters. The third-order valence-corrected chi connectivity index (χ3v) is 2.95. The van der Waals surface area contributed by atoms with E-state index >= 15 is 0 Å². The number of hydrogen-bond donors (Lipinski definition) is 3. The lowest BCUT2D eigenvalue weighted by Crippen LogP contribution is -2.42. The Kier molecular flexibility index (Phi) is 6.30. The Balaban J connectivity index is 2.61. The molecule has 1 aromatic carbocycles. The van der Waals surface area contributed by atoms with Crippen LogP contribution in [0.25, 0.3) is 0 Å². The SMILES string of the molecule is CC(C)C[C@H](NC(=O)CC(O)c1cccc(F)c1)C(=O)O. The number of nitrogens with one attached hydrogen (secondary N) is 1. The van der Waals surface area contributed by atoms with Crippen LogP contribution in [0.5, 0.6) is 0 Å². The Hall–Kier alpha value is -1.95. The second-order valence-electron chi connectivity index (χ2n) is 5.36. The molecule has 5 nitrogen and oxygen atoms in total. The Bertz CT molecular complexity index is 504. The van der Waals surface area contributed by atoms with Crippen LogP contribution in [-0.2, 0) is 9.59 Å². The van der Waals surface area contributed by atoms with Gasteiger partial charge in [0.2, 0.25) is 5.91 Å². The molecule has 0 fully saturated rings. The van der Waals surface area contributed by atoms with Gasteiger partial charge in [-0.05, 0) is 30.0 Å². The van der Waals surface area contributed by atoms with E-state index in [1.54, 1.807) is 0 Å². The summed E-state index contributed by atoms with van der Waals surface area (Å²) < 4.78 is 13.0. The van der Waals surface area contributed by atoms with Crippen molar-refractivity contribution in [3.05, 3.63) is 35.6 Å². The topological polar surface area (TPSA) is 86.6 Å². The van der Waals surface area contributed by atoms with Crippen molar-refractivity contribution in [1.29, 1.82) is 0 Å². The van der Waals surface area contributed by atoms with E-state index in [-0.39, 0.29) is 17.9 Å². The fourth-order valence-electron chi connectivity index (χ4n) is 1.95. The maximum absolute atomic E-state index is 13.0. The van der Waals surface area contributed by atoms with Crippen LogP contribution < -0.4 is 5.32 Å². The van der Waals surface area contributed by atoms with Gasteiger partial charge in [0.05, 0.1) is 12.5 Å². The number of carbonyl (C=O) groups is 2. The number of carbonyl (C=O) groups excluding carboxylic acids is 1. The van der Waals surface area contributed by atoms with Crippen LogP contribution in [0, 0.1) is 11.7 Å². The van der Waals surface area contributed by atoms with Gasteiger partial charge < -0.3 is 15.5 Å². The van der Waals surface area contributed by atoms with Crippen molar-refractivity contribution in [3.8, 4) is 0 Å². The van der Waals surface area contributed by atoms with Gasteiger partial charge in [-0.3, -0.25) is 4.79 Å². The maximum atomic E-state index is 13.0. The van der Waals surface area contributed by atoms with Crippen LogP contribution >= 0.6 is 0 Å². The second kappa shape index (κ2) is 7.73. The molecule has 1 aromatic rings. The minimum absolute atomic E-state index is 0.111. The minimum atomic E-state index is -1.17. The molecule has 6 heteroatoms. The van der Waals surface area contributed by atoms with Crippen molar-refractivity contribution in [1.82, 2.24) is 5.32 Å². The van der Waals surface area contributed by atoms with E-state index in [0.717, 1.165) is 6.07 Å². The highest BCUT2D eigenvalue weighted by Gasteiger charge is 2.22. The highest BCUT2D eigenvalue weighted by molar-refractivity contribution is 5.83. The zero-order chi connectivity index (χ0) is 16.0. The van der Waals surface area contributed by atoms with Crippen molar-refractivity contribution in [3.63, 3.8) is 0 Å². The minimum Gasteiger partial charge on any atom is -0.480 e. The molecular formula is C15H20FNO4. The summed E-state index contributed by atoms with van der Waals surface area (Å²) in [7, 11) is 0. The second-order valence-corrected chi connectivity index (χ2v) is 5.36. The van der Waals surface area contributed by atoms with E-state index < -0.39 is 29.8 Å². The fraction of sp³-hybridized carbons (Fsp3) is 0.467. The number of aliphatic hydroxyl groups excluding tert-OH is 1. The predicted molar refractivity (Wildman–Crippen MR) is 75.0 cm³/mol. The number of aliphatic hydroxyl groups is 1. The molecule has 0 radical (unpaired) electrons. The summed E-state index contributed by atoms with van der Waals surface area (Å²) in [5.41, 5.74) is 0.279. The summed E-state index contributed by atoms with van der Waals surface area (Å²) in [6.45, 7) is 3.70. The average molecular weight is 297 g/mol. The molecule has 0 saturated carbocycles. The third kappa shape index (κ3) is 5.91. The molecule has 0 spiro atoms. The normalized spacial score (nSPS) is 13.8. The van der Waals surface area contributed by atoms with Crippen molar-refractivity contribution in [2.75, 3.05) is 0 Å². The van der Waals surface area contributed by atoms with Crippen LogP contribution in [0.4, 0.5) is 4.39 Å². The van der Waals surface area contributed by atoms with Crippen LogP contribution in [0.1, 0.15) is 38.4 Å². The molecule has 3 N–H and O–H groups in total. The lowest BCUT2D eigenvalue weighted by atomic mass is 10.0. The molecule has 0 aromatic heterocycles. The molecule has 1 amide bonds. The van der Waals surface area contributed by atoms with Crippen molar-refractivity contribution in [2.24, 2.45) is 5.92 Å². The van der Waals surface area contributed by atoms with E-state index in [4.69, 9.17) is 5.11 Å². The first kappa shape index (κ1) is 17.1. The molecule has 0 bridgehead atoms. The molecule has 0 aliphatic heterocycles. The van der Waals surface area contributed by atoms with Crippen LogP contribution in [0.3, 0.4) is 0 Å². The number of carboxylic acids is 1. The molecule has 21 heavy (non-hydrogen) atoms. The number of carboxylic acid groups (broad SMARTS) is 1. The van der Waals surface area contributed by atoms with Gasteiger partial charge in [0, 0.05) is 0 Å².